The van der Waals surface area contributed by atoms with Gasteiger partial charge in [-0.25, -0.2) is 9.07 Å². The lowest BCUT2D eigenvalue weighted by Gasteiger charge is -2.07. The van der Waals surface area contributed by atoms with Gasteiger partial charge in [0.15, 0.2) is 0 Å². The van der Waals surface area contributed by atoms with Crippen LogP contribution < -0.4 is 5.32 Å². The van der Waals surface area contributed by atoms with Gasteiger partial charge < -0.3 is 5.32 Å². The van der Waals surface area contributed by atoms with Crippen molar-refractivity contribution in [3.05, 3.63) is 58.6 Å². The van der Waals surface area contributed by atoms with Gasteiger partial charge in [0.05, 0.1) is 5.69 Å². The number of para-hydroxylation sites is 1. The van der Waals surface area contributed by atoms with E-state index in [4.69, 9.17) is 0 Å². The summed E-state index contributed by atoms with van der Waals surface area (Å²) in [6, 6.07) is 8.63. The van der Waals surface area contributed by atoms with Crippen molar-refractivity contribution >= 4 is 21.7 Å². The van der Waals surface area contributed by atoms with Crippen molar-refractivity contribution in [1.29, 1.82) is 0 Å². The third-order valence-corrected chi connectivity index (χ3v) is 4.14. The fourth-order valence-electron chi connectivity index (χ4n) is 2.75. The Hall–Kier alpha value is -2.21. The molecule has 1 aliphatic rings. The molecular formula is C16H12BrFN4. The molecule has 1 aliphatic heterocycles. The second-order valence-corrected chi connectivity index (χ2v) is 6.02. The average Bonchev–Trinajstić information content (AvgIpc) is 3.10. The summed E-state index contributed by atoms with van der Waals surface area (Å²) < 4.78 is 16.7. The molecule has 110 valence electrons. The molecule has 4 nitrogen and oxygen atoms in total. The van der Waals surface area contributed by atoms with E-state index in [1.807, 2.05) is 12.1 Å². The van der Waals surface area contributed by atoms with E-state index in [1.54, 1.807) is 29.2 Å². The first-order valence-corrected chi connectivity index (χ1v) is 7.75. The highest BCUT2D eigenvalue weighted by molar-refractivity contribution is 9.10. The van der Waals surface area contributed by atoms with Gasteiger partial charge >= 0.3 is 0 Å². The summed E-state index contributed by atoms with van der Waals surface area (Å²) in [6.07, 6.45) is 4.37. The number of nitrogens with one attached hydrogen (secondary N) is 1. The molecule has 1 aromatic carbocycles. The number of anilines is 1. The molecule has 0 saturated carbocycles. The molecule has 3 aromatic rings. The number of rotatable bonds is 2. The highest BCUT2D eigenvalue weighted by Crippen LogP contribution is 2.35. The first-order valence-electron chi connectivity index (χ1n) is 6.95. The molecule has 0 unspecified atom stereocenters. The van der Waals surface area contributed by atoms with Crippen LogP contribution in [0.15, 0.2) is 47.2 Å². The molecule has 2 aromatic heterocycles. The van der Waals surface area contributed by atoms with Crippen LogP contribution in [-0.2, 0) is 6.42 Å². The van der Waals surface area contributed by atoms with Crippen molar-refractivity contribution in [3.8, 4) is 16.9 Å². The van der Waals surface area contributed by atoms with Gasteiger partial charge in [-0.2, -0.15) is 5.10 Å². The maximum Gasteiger partial charge on any atom is 0.148 e. The summed E-state index contributed by atoms with van der Waals surface area (Å²) in [5, 5.41) is 7.93. The van der Waals surface area contributed by atoms with Gasteiger partial charge in [0, 0.05) is 34.5 Å². The molecular weight excluding hydrogens is 347 g/mol. The fraction of sp³-hybridized carbons (Fsp3) is 0.125. The minimum atomic E-state index is -0.291. The van der Waals surface area contributed by atoms with Crippen LogP contribution in [0, 0.1) is 5.82 Å². The molecule has 0 spiro atoms. The van der Waals surface area contributed by atoms with E-state index < -0.39 is 0 Å². The Morgan fingerprint density at radius 2 is 2.09 bits per heavy atom. The van der Waals surface area contributed by atoms with Crippen LogP contribution in [0.25, 0.3) is 16.9 Å². The van der Waals surface area contributed by atoms with E-state index in [0.29, 0.717) is 5.69 Å². The Labute approximate surface area is 135 Å². The van der Waals surface area contributed by atoms with Crippen LogP contribution >= 0.6 is 15.9 Å². The van der Waals surface area contributed by atoms with E-state index in [9.17, 15) is 4.39 Å². The zero-order valence-corrected chi connectivity index (χ0v) is 13.1. The molecule has 0 bridgehead atoms. The number of halogens is 2. The summed E-state index contributed by atoms with van der Waals surface area (Å²) in [5.74, 6) is 0.570. The minimum Gasteiger partial charge on any atom is -0.369 e. The molecule has 0 amide bonds. The smallest absolute Gasteiger partial charge is 0.148 e. The van der Waals surface area contributed by atoms with Gasteiger partial charge in [-0.05, 0) is 40.5 Å². The normalized spacial score (nSPS) is 13.0. The SMILES string of the molecule is Fc1ccccc1-n1nc(-c2cncc(Br)c2)c2c1NCC2. The van der Waals surface area contributed by atoms with Gasteiger partial charge in [0.2, 0.25) is 0 Å². The Morgan fingerprint density at radius 1 is 1.23 bits per heavy atom. The quantitative estimate of drug-likeness (QED) is 0.757. The predicted molar refractivity (Wildman–Crippen MR) is 86.6 cm³/mol. The maximum absolute atomic E-state index is 14.1. The predicted octanol–water partition coefficient (Wildman–Crippen LogP) is 3.80. The molecule has 0 radical (unpaired) electrons. The summed E-state index contributed by atoms with van der Waals surface area (Å²) in [7, 11) is 0. The first-order chi connectivity index (χ1) is 10.7. The standard InChI is InChI=1S/C16H12BrFN4/c17-11-7-10(8-19-9-11)15-12-5-6-20-16(12)22(21-15)14-4-2-1-3-13(14)18/h1-4,7-9,20H,5-6H2. The van der Waals surface area contributed by atoms with Crippen molar-refractivity contribution in [2.24, 2.45) is 0 Å². The number of nitrogens with zero attached hydrogens (tertiary/aromatic N) is 3. The van der Waals surface area contributed by atoms with Crippen molar-refractivity contribution in [3.63, 3.8) is 0 Å². The van der Waals surface area contributed by atoms with E-state index in [0.717, 1.165) is 40.1 Å². The highest BCUT2D eigenvalue weighted by atomic mass is 79.9. The molecule has 22 heavy (non-hydrogen) atoms. The second-order valence-electron chi connectivity index (χ2n) is 5.11. The number of pyridine rings is 1. The van der Waals surface area contributed by atoms with E-state index in [2.05, 4.69) is 31.3 Å². The zero-order valence-electron chi connectivity index (χ0n) is 11.6. The Kier molecular flexibility index (Phi) is 3.18. The van der Waals surface area contributed by atoms with E-state index >= 15 is 0 Å². The van der Waals surface area contributed by atoms with E-state index in [-0.39, 0.29) is 5.82 Å². The van der Waals surface area contributed by atoms with E-state index in [1.165, 1.54) is 6.07 Å². The summed E-state index contributed by atoms with van der Waals surface area (Å²) in [4.78, 5) is 4.20. The van der Waals surface area contributed by atoms with Crippen molar-refractivity contribution in [2.75, 3.05) is 11.9 Å². The van der Waals surface area contributed by atoms with Crippen LogP contribution in [0.1, 0.15) is 5.56 Å². The Morgan fingerprint density at radius 3 is 2.91 bits per heavy atom. The maximum atomic E-state index is 14.1. The van der Waals surface area contributed by atoms with Gasteiger partial charge in [0.1, 0.15) is 17.3 Å². The van der Waals surface area contributed by atoms with Crippen LogP contribution in [0.5, 0.6) is 0 Å². The first kappa shape index (κ1) is 13.5. The van der Waals surface area contributed by atoms with Crippen molar-refractivity contribution in [1.82, 2.24) is 14.8 Å². The van der Waals surface area contributed by atoms with Gasteiger partial charge in [-0.1, -0.05) is 12.1 Å². The fourth-order valence-corrected chi connectivity index (χ4v) is 3.11. The van der Waals surface area contributed by atoms with Gasteiger partial charge in [0.25, 0.3) is 0 Å². The van der Waals surface area contributed by atoms with Crippen LogP contribution in [0.2, 0.25) is 0 Å². The van der Waals surface area contributed by atoms with Crippen LogP contribution in [-0.4, -0.2) is 21.3 Å². The molecule has 0 atom stereocenters. The van der Waals surface area contributed by atoms with Crippen LogP contribution in [0.4, 0.5) is 10.2 Å². The lowest BCUT2D eigenvalue weighted by atomic mass is 10.1. The zero-order chi connectivity index (χ0) is 15.1. The summed E-state index contributed by atoms with van der Waals surface area (Å²) in [5.41, 5.74) is 3.31. The summed E-state index contributed by atoms with van der Waals surface area (Å²) >= 11 is 3.43. The third kappa shape index (κ3) is 2.11. The third-order valence-electron chi connectivity index (χ3n) is 3.71. The number of hydrogen-bond acceptors (Lipinski definition) is 3. The average molecular weight is 359 g/mol. The van der Waals surface area contributed by atoms with Crippen LogP contribution in [0.3, 0.4) is 0 Å². The summed E-state index contributed by atoms with van der Waals surface area (Å²) in [6.45, 7) is 0.829. The largest absolute Gasteiger partial charge is 0.369 e. The topological polar surface area (TPSA) is 42.7 Å². The lowest BCUT2D eigenvalue weighted by Crippen LogP contribution is -2.05. The number of hydrogen-bond donors (Lipinski definition) is 1. The van der Waals surface area contributed by atoms with Gasteiger partial charge in [-0.15, -0.1) is 0 Å². The molecule has 4 rings (SSSR count). The van der Waals surface area contributed by atoms with Crippen molar-refractivity contribution in [2.45, 2.75) is 6.42 Å². The molecule has 3 heterocycles. The van der Waals surface area contributed by atoms with Gasteiger partial charge in [-0.3, -0.25) is 4.98 Å². The molecule has 0 fully saturated rings. The Bertz CT molecular complexity index is 859. The highest BCUT2D eigenvalue weighted by Gasteiger charge is 2.25. The number of fused-ring (bicyclic) bond motifs is 1. The van der Waals surface area contributed by atoms with Crippen molar-refractivity contribution < 1.29 is 4.39 Å². The monoisotopic (exact) mass is 358 g/mol. The molecule has 0 saturated heterocycles. The Balaban J connectivity index is 1.93. The minimum absolute atomic E-state index is 0.291. The second kappa shape index (κ2) is 5.21. The molecule has 0 aliphatic carbocycles. The molecule has 6 heteroatoms. The lowest BCUT2D eigenvalue weighted by molar-refractivity contribution is 0.612. The number of aromatic nitrogens is 3. The molecule has 1 N–H and O–H groups in total. The number of benzene rings is 1.